The van der Waals surface area contributed by atoms with Crippen LogP contribution in [0.2, 0.25) is 0 Å². The number of aliphatic hydroxyl groups is 1. The number of unbranched alkanes of at least 4 members (excludes halogenated alkanes) is 1. The van der Waals surface area contributed by atoms with Gasteiger partial charge in [-0.2, -0.15) is 0 Å². The Morgan fingerprint density at radius 3 is 2.62 bits per heavy atom. The predicted molar refractivity (Wildman–Crippen MR) is 65.2 cm³/mol. The molecule has 0 radical (unpaired) electrons. The van der Waals surface area contributed by atoms with Gasteiger partial charge in [0, 0.05) is 18.6 Å². The van der Waals surface area contributed by atoms with Gasteiger partial charge in [-0.05, 0) is 45.2 Å². The first-order valence-electron chi connectivity index (χ1n) is 5.96. The standard InChI is InChI=1S/C11H23NO3S/c1-10(13)11-5-7-12(9-11)6-3-4-8-16(2,14)15/h10-11,13H,3-9H2,1-2H3. The molecule has 0 aromatic rings. The largest absolute Gasteiger partial charge is 0.393 e. The molecule has 0 aromatic carbocycles. The molecule has 1 saturated heterocycles. The summed E-state index contributed by atoms with van der Waals surface area (Å²) in [5.74, 6) is 0.690. The summed E-state index contributed by atoms with van der Waals surface area (Å²) in [4.78, 5) is 2.32. The minimum Gasteiger partial charge on any atom is -0.393 e. The quantitative estimate of drug-likeness (QED) is 0.697. The topological polar surface area (TPSA) is 57.6 Å². The van der Waals surface area contributed by atoms with Gasteiger partial charge in [0.05, 0.1) is 6.10 Å². The molecule has 0 spiro atoms. The van der Waals surface area contributed by atoms with Crippen LogP contribution in [-0.2, 0) is 9.84 Å². The van der Waals surface area contributed by atoms with Crippen molar-refractivity contribution >= 4 is 9.84 Å². The van der Waals surface area contributed by atoms with Crippen LogP contribution < -0.4 is 0 Å². The van der Waals surface area contributed by atoms with Gasteiger partial charge in [0.2, 0.25) is 0 Å². The van der Waals surface area contributed by atoms with Crippen LogP contribution in [0.4, 0.5) is 0 Å². The van der Waals surface area contributed by atoms with E-state index in [1.54, 1.807) is 0 Å². The molecule has 2 atom stereocenters. The van der Waals surface area contributed by atoms with E-state index in [-0.39, 0.29) is 6.10 Å². The van der Waals surface area contributed by atoms with Gasteiger partial charge in [-0.25, -0.2) is 8.42 Å². The van der Waals surface area contributed by atoms with Crippen molar-refractivity contribution < 1.29 is 13.5 Å². The fourth-order valence-corrected chi connectivity index (χ4v) is 2.89. The lowest BCUT2D eigenvalue weighted by Crippen LogP contribution is -2.25. The third kappa shape index (κ3) is 5.27. The fourth-order valence-electron chi connectivity index (χ4n) is 2.16. The van der Waals surface area contributed by atoms with Gasteiger partial charge >= 0.3 is 0 Å². The van der Waals surface area contributed by atoms with Gasteiger partial charge in [-0.15, -0.1) is 0 Å². The molecule has 0 aliphatic carbocycles. The molecule has 4 nitrogen and oxygen atoms in total. The van der Waals surface area contributed by atoms with Crippen molar-refractivity contribution in [2.24, 2.45) is 5.92 Å². The van der Waals surface area contributed by atoms with E-state index in [9.17, 15) is 13.5 Å². The highest BCUT2D eigenvalue weighted by molar-refractivity contribution is 7.90. The monoisotopic (exact) mass is 249 g/mol. The zero-order valence-corrected chi connectivity index (χ0v) is 11.0. The van der Waals surface area contributed by atoms with E-state index in [0.717, 1.165) is 38.9 Å². The summed E-state index contributed by atoms with van der Waals surface area (Å²) in [5.41, 5.74) is 0. The maximum absolute atomic E-state index is 10.9. The lowest BCUT2D eigenvalue weighted by Gasteiger charge is -2.16. The summed E-state index contributed by atoms with van der Waals surface area (Å²) >= 11 is 0. The molecule has 2 unspecified atom stereocenters. The van der Waals surface area contributed by atoms with Crippen LogP contribution in [0.1, 0.15) is 26.2 Å². The predicted octanol–water partition coefficient (Wildman–Crippen LogP) is 0.514. The average Bonchev–Trinajstić information content (AvgIpc) is 2.59. The summed E-state index contributed by atoms with van der Waals surface area (Å²) in [5, 5.41) is 9.44. The Kier molecular flexibility index (Phi) is 5.21. The number of likely N-dealkylation sites (tertiary alicyclic amines) is 1. The maximum atomic E-state index is 10.9. The van der Waals surface area contributed by atoms with Crippen LogP contribution >= 0.6 is 0 Å². The van der Waals surface area contributed by atoms with Gasteiger partial charge in [0.15, 0.2) is 0 Å². The molecule has 1 rings (SSSR count). The number of sulfone groups is 1. The third-order valence-electron chi connectivity index (χ3n) is 3.23. The van der Waals surface area contributed by atoms with Crippen molar-refractivity contribution in [2.75, 3.05) is 31.6 Å². The number of rotatable bonds is 6. The summed E-state index contributed by atoms with van der Waals surface area (Å²) in [6, 6.07) is 0. The Morgan fingerprint density at radius 1 is 1.44 bits per heavy atom. The van der Waals surface area contributed by atoms with Gasteiger partial charge < -0.3 is 10.0 Å². The first-order chi connectivity index (χ1) is 7.38. The van der Waals surface area contributed by atoms with E-state index in [1.807, 2.05) is 6.92 Å². The average molecular weight is 249 g/mol. The molecule has 1 N–H and O–H groups in total. The molecule has 0 bridgehead atoms. The zero-order valence-electron chi connectivity index (χ0n) is 10.2. The van der Waals surface area contributed by atoms with Crippen LogP contribution in [0.15, 0.2) is 0 Å². The van der Waals surface area contributed by atoms with E-state index in [1.165, 1.54) is 6.26 Å². The molecule has 5 heteroatoms. The molecular weight excluding hydrogens is 226 g/mol. The first kappa shape index (κ1) is 13.9. The minimum absolute atomic E-state index is 0.221. The van der Waals surface area contributed by atoms with Gasteiger partial charge in [-0.3, -0.25) is 0 Å². The highest BCUT2D eigenvalue weighted by Gasteiger charge is 2.25. The van der Waals surface area contributed by atoms with Crippen LogP contribution in [0.5, 0.6) is 0 Å². The molecule has 0 amide bonds. The fraction of sp³-hybridized carbons (Fsp3) is 1.00. The lowest BCUT2D eigenvalue weighted by atomic mass is 10.0. The lowest BCUT2D eigenvalue weighted by molar-refractivity contribution is 0.127. The summed E-state index contributed by atoms with van der Waals surface area (Å²) in [6.45, 7) is 4.79. The van der Waals surface area contributed by atoms with Crippen LogP contribution in [0.25, 0.3) is 0 Å². The number of hydrogen-bond acceptors (Lipinski definition) is 4. The summed E-state index contributed by atoms with van der Waals surface area (Å²) in [7, 11) is -2.80. The molecule has 16 heavy (non-hydrogen) atoms. The Balaban J connectivity index is 2.11. The second-order valence-corrected chi connectivity index (χ2v) is 7.19. The molecule has 1 aliphatic rings. The van der Waals surface area contributed by atoms with Gasteiger partial charge in [0.1, 0.15) is 9.84 Å². The molecular formula is C11H23NO3S. The SMILES string of the molecule is CC(O)C1CCN(CCCCS(C)(=O)=O)C1. The normalized spacial score (nSPS) is 24.8. The van der Waals surface area contributed by atoms with E-state index in [0.29, 0.717) is 11.7 Å². The minimum atomic E-state index is -2.80. The first-order valence-corrected chi connectivity index (χ1v) is 8.02. The number of nitrogens with zero attached hydrogens (tertiary/aromatic N) is 1. The van der Waals surface area contributed by atoms with Crippen LogP contribution in [-0.4, -0.2) is 56.2 Å². The molecule has 0 aromatic heterocycles. The summed E-state index contributed by atoms with van der Waals surface area (Å²) in [6.07, 6.45) is 3.80. The van der Waals surface area contributed by atoms with Crippen LogP contribution in [0.3, 0.4) is 0 Å². The molecule has 1 heterocycles. The molecule has 1 aliphatic heterocycles. The third-order valence-corrected chi connectivity index (χ3v) is 4.26. The smallest absolute Gasteiger partial charge is 0.147 e. The van der Waals surface area contributed by atoms with Crippen molar-refractivity contribution in [3.63, 3.8) is 0 Å². The Bertz CT molecular complexity index is 300. The molecule has 1 fully saturated rings. The van der Waals surface area contributed by atoms with Crippen molar-refractivity contribution in [3.8, 4) is 0 Å². The number of aliphatic hydroxyl groups excluding tert-OH is 1. The Morgan fingerprint density at radius 2 is 2.12 bits per heavy atom. The van der Waals surface area contributed by atoms with Crippen molar-refractivity contribution in [1.82, 2.24) is 4.90 Å². The van der Waals surface area contributed by atoms with Crippen molar-refractivity contribution in [3.05, 3.63) is 0 Å². The second-order valence-electron chi connectivity index (χ2n) is 4.93. The highest BCUT2D eigenvalue weighted by Crippen LogP contribution is 2.19. The number of hydrogen-bond donors (Lipinski definition) is 1. The van der Waals surface area contributed by atoms with E-state index >= 15 is 0 Å². The van der Waals surface area contributed by atoms with Gasteiger partial charge in [-0.1, -0.05) is 0 Å². The summed E-state index contributed by atoms with van der Waals surface area (Å²) < 4.78 is 21.8. The Labute approximate surface area is 98.6 Å². The van der Waals surface area contributed by atoms with Crippen molar-refractivity contribution in [2.45, 2.75) is 32.3 Å². The van der Waals surface area contributed by atoms with Crippen LogP contribution in [0, 0.1) is 5.92 Å². The highest BCUT2D eigenvalue weighted by atomic mass is 32.2. The second kappa shape index (κ2) is 5.98. The molecule has 0 saturated carbocycles. The van der Waals surface area contributed by atoms with E-state index in [2.05, 4.69) is 4.90 Å². The molecule has 96 valence electrons. The van der Waals surface area contributed by atoms with Gasteiger partial charge in [0.25, 0.3) is 0 Å². The van der Waals surface area contributed by atoms with Crippen molar-refractivity contribution in [1.29, 1.82) is 0 Å². The maximum Gasteiger partial charge on any atom is 0.147 e. The van der Waals surface area contributed by atoms with E-state index < -0.39 is 9.84 Å². The zero-order chi connectivity index (χ0) is 12.2. The van der Waals surface area contributed by atoms with E-state index in [4.69, 9.17) is 0 Å². The Hall–Kier alpha value is -0.130.